The van der Waals surface area contributed by atoms with E-state index in [1.807, 2.05) is 48.5 Å². The van der Waals surface area contributed by atoms with Crippen molar-refractivity contribution in [2.45, 2.75) is 58.8 Å². The molecule has 0 fully saturated rings. The minimum atomic E-state index is 0.680. The summed E-state index contributed by atoms with van der Waals surface area (Å²) < 4.78 is 0. The van der Waals surface area contributed by atoms with Crippen molar-refractivity contribution in [1.82, 2.24) is 4.90 Å². The van der Waals surface area contributed by atoms with E-state index in [1.165, 1.54) is 58.2 Å². The van der Waals surface area contributed by atoms with Gasteiger partial charge in [-0.05, 0) is 93.8 Å². The normalized spacial score (nSPS) is 10.9. The summed E-state index contributed by atoms with van der Waals surface area (Å²) in [6.45, 7) is 9.04. The van der Waals surface area contributed by atoms with Crippen molar-refractivity contribution in [2.24, 2.45) is 0 Å². The zero-order chi connectivity index (χ0) is 22.3. The highest BCUT2D eigenvalue weighted by Gasteiger charge is 2.10. The molecule has 0 saturated heterocycles. The van der Waals surface area contributed by atoms with Gasteiger partial charge in [-0.1, -0.05) is 33.1 Å². The molecule has 2 rings (SSSR count). The number of rotatable bonds is 16. The Morgan fingerprint density at radius 2 is 1.00 bits per heavy atom. The predicted octanol–water partition coefficient (Wildman–Crippen LogP) is 6.52. The third kappa shape index (κ3) is 8.66. The van der Waals surface area contributed by atoms with Crippen molar-refractivity contribution in [3.05, 3.63) is 59.7 Å². The van der Waals surface area contributed by atoms with Gasteiger partial charge in [-0.3, -0.25) is 9.59 Å². The van der Waals surface area contributed by atoms with Gasteiger partial charge in [0.25, 0.3) is 0 Å². The molecule has 0 radical (unpaired) electrons. The Morgan fingerprint density at radius 1 is 0.581 bits per heavy atom. The quantitative estimate of drug-likeness (QED) is 0.228. The number of carbonyl (C=O) groups excluding carboxylic acids is 2. The molecule has 0 spiro atoms. The van der Waals surface area contributed by atoms with Gasteiger partial charge in [-0.15, -0.1) is 0 Å². The van der Waals surface area contributed by atoms with Crippen LogP contribution in [-0.4, -0.2) is 43.7 Å². The summed E-state index contributed by atoms with van der Waals surface area (Å²) in [5.74, 6) is 0. The molecule has 0 atom stereocenters. The SMILES string of the molecule is CCCCN(CCCC)CCCCCN(c1ccc(C=O)cc1)c1ccc(C=O)cc1. The lowest BCUT2D eigenvalue weighted by molar-refractivity contribution is 0.111. The molecule has 0 aromatic heterocycles. The Bertz CT molecular complexity index is 696. The molecule has 168 valence electrons. The summed E-state index contributed by atoms with van der Waals surface area (Å²) in [5, 5.41) is 0. The lowest BCUT2D eigenvalue weighted by Gasteiger charge is -2.26. The van der Waals surface area contributed by atoms with E-state index in [9.17, 15) is 9.59 Å². The number of benzene rings is 2. The molecule has 0 saturated carbocycles. The minimum Gasteiger partial charge on any atom is -0.341 e. The molecule has 0 aliphatic carbocycles. The predicted molar refractivity (Wildman–Crippen MR) is 131 cm³/mol. The zero-order valence-electron chi connectivity index (χ0n) is 19.3. The molecule has 0 aliphatic heterocycles. The van der Waals surface area contributed by atoms with Crippen LogP contribution in [-0.2, 0) is 0 Å². The monoisotopic (exact) mass is 422 g/mol. The Kier molecular flexibility index (Phi) is 11.6. The number of hydrogen-bond donors (Lipinski definition) is 0. The van der Waals surface area contributed by atoms with Crippen molar-refractivity contribution in [2.75, 3.05) is 31.1 Å². The summed E-state index contributed by atoms with van der Waals surface area (Å²) in [7, 11) is 0. The molecule has 4 heteroatoms. The van der Waals surface area contributed by atoms with E-state index in [0.717, 1.165) is 36.9 Å². The molecule has 0 N–H and O–H groups in total. The zero-order valence-corrected chi connectivity index (χ0v) is 19.3. The highest BCUT2D eigenvalue weighted by Crippen LogP contribution is 2.26. The lowest BCUT2D eigenvalue weighted by atomic mass is 10.1. The fraction of sp³-hybridized carbons (Fsp3) is 0.481. The summed E-state index contributed by atoms with van der Waals surface area (Å²) in [6, 6.07) is 15.4. The third-order valence-electron chi connectivity index (χ3n) is 5.69. The molecule has 0 unspecified atom stereocenters. The number of anilines is 2. The molecular weight excluding hydrogens is 384 g/mol. The average molecular weight is 423 g/mol. The van der Waals surface area contributed by atoms with Crippen LogP contribution < -0.4 is 4.90 Å². The van der Waals surface area contributed by atoms with E-state index < -0.39 is 0 Å². The van der Waals surface area contributed by atoms with Gasteiger partial charge < -0.3 is 9.80 Å². The van der Waals surface area contributed by atoms with Gasteiger partial charge in [0.1, 0.15) is 12.6 Å². The van der Waals surface area contributed by atoms with E-state index in [4.69, 9.17) is 0 Å². The van der Waals surface area contributed by atoms with E-state index >= 15 is 0 Å². The first-order chi connectivity index (χ1) is 15.2. The van der Waals surface area contributed by atoms with Crippen LogP contribution in [0.25, 0.3) is 0 Å². The third-order valence-corrected chi connectivity index (χ3v) is 5.69. The molecule has 0 aliphatic rings. The van der Waals surface area contributed by atoms with Crippen LogP contribution in [0.15, 0.2) is 48.5 Å². The largest absolute Gasteiger partial charge is 0.341 e. The highest BCUT2D eigenvalue weighted by atomic mass is 16.1. The summed E-state index contributed by atoms with van der Waals surface area (Å²) in [5.41, 5.74) is 3.49. The maximum Gasteiger partial charge on any atom is 0.150 e. The van der Waals surface area contributed by atoms with Gasteiger partial charge in [0.05, 0.1) is 0 Å². The Hall–Kier alpha value is -2.46. The van der Waals surface area contributed by atoms with Crippen LogP contribution in [0.4, 0.5) is 11.4 Å². The van der Waals surface area contributed by atoms with Crippen LogP contribution in [0.5, 0.6) is 0 Å². The van der Waals surface area contributed by atoms with E-state index in [0.29, 0.717) is 11.1 Å². The summed E-state index contributed by atoms with van der Waals surface area (Å²) in [4.78, 5) is 26.9. The molecule has 0 amide bonds. The summed E-state index contributed by atoms with van der Waals surface area (Å²) in [6.07, 6.45) is 10.3. The van der Waals surface area contributed by atoms with Gasteiger partial charge in [0.2, 0.25) is 0 Å². The molecule has 0 heterocycles. The van der Waals surface area contributed by atoms with E-state index in [-0.39, 0.29) is 0 Å². The maximum atomic E-state index is 11.0. The Balaban J connectivity index is 1.95. The first kappa shape index (κ1) is 24.8. The summed E-state index contributed by atoms with van der Waals surface area (Å²) >= 11 is 0. The van der Waals surface area contributed by atoms with Gasteiger partial charge in [-0.25, -0.2) is 0 Å². The first-order valence-corrected chi connectivity index (χ1v) is 11.8. The second kappa shape index (κ2) is 14.5. The van der Waals surface area contributed by atoms with Crippen LogP contribution in [0, 0.1) is 0 Å². The second-order valence-electron chi connectivity index (χ2n) is 8.18. The molecule has 2 aromatic carbocycles. The fourth-order valence-corrected chi connectivity index (χ4v) is 3.75. The second-order valence-corrected chi connectivity index (χ2v) is 8.18. The van der Waals surface area contributed by atoms with Crippen molar-refractivity contribution in [1.29, 1.82) is 0 Å². The number of unbranched alkanes of at least 4 members (excludes halogenated alkanes) is 4. The first-order valence-electron chi connectivity index (χ1n) is 11.8. The standard InChI is InChI=1S/C27H38N2O2/c1-3-5-18-28(19-6-4-2)20-8-7-9-21-29(26-14-10-24(22-30)11-15-26)27-16-12-25(23-31)13-17-27/h10-17,22-23H,3-9,18-21H2,1-2H3. The van der Waals surface area contributed by atoms with Gasteiger partial charge in [-0.2, -0.15) is 0 Å². The molecule has 31 heavy (non-hydrogen) atoms. The highest BCUT2D eigenvalue weighted by molar-refractivity contribution is 5.78. The Labute approximate surface area is 188 Å². The topological polar surface area (TPSA) is 40.6 Å². The van der Waals surface area contributed by atoms with E-state index in [1.54, 1.807) is 0 Å². The smallest absolute Gasteiger partial charge is 0.150 e. The van der Waals surface area contributed by atoms with Gasteiger partial charge >= 0.3 is 0 Å². The molecule has 0 bridgehead atoms. The van der Waals surface area contributed by atoms with Crippen molar-refractivity contribution in [3.63, 3.8) is 0 Å². The van der Waals surface area contributed by atoms with Gasteiger partial charge in [0.15, 0.2) is 0 Å². The molecular formula is C27H38N2O2. The minimum absolute atomic E-state index is 0.680. The van der Waals surface area contributed by atoms with Crippen molar-refractivity contribution < 1.29 is 9.59 Å². The van der Waals surface area contributed by atoms with Crippen LogP contribution in [0.2, 0.25) is 0 Å². The maximum absolute atomic E-state index is 11.0. The lowest BCUT2D eigenvalue weighted by Crippen LogP contribution is -2.27. The number of hydrogen-bond acceptors (Lipinski definition) is 4. The van der Waals surface area contributed by atoms with E-state index in [2.05, 4.69) is 23.6 Å². The van der Waals surface area contributed by atoms with Crippen LogP contribution in [0.1, 0.15) is 79.5 Å². The van der Waals surface area contributed by atoms with Crippen molar-refractivity contribution >= 4 is 23.9 Å². The average Bonchev–Trinajstić information content (AvgIpc) is 2.83. The number of carbonyl (C=O) groups is 2. The molecule has 4 nitrogen and oxygen atoms in total. The fourth-order valence-electron chi connectivity index (χ4n) is 3.75. The number of nitrogens with zero attached hydrogens (tertiary/aromatic N) is 2. The number of aldehydes is 2. The van der Waals surface area contributed by atoms with Crippen LogP contribution >= 0.6 is 0 Å². The van der Waals surface area contributed by atoms with Crippen molar-refractivity contribution in [3.8, 4) is 0 Å². The Morgan fingerprint density at radius 3 is 1.42 bits per heavy atom. The van der Waals surface area contributed by atoms with Crippen LogP contribution in [0.3, 0.4) is 0 Å². The van der Waals surface area contributed by atoms with Gasteiger partial charge in [0, 0.05) is 29.0 Å². The molecule has 2 aromatic rings.